The van der Waals surface area contributed by atoms with Crippen molar-refractivity contribution in [3.05, 3.63) is 47.1 Å². The van der Waals surface area contributed by atoms with Gasteiger partial charge in [-0.1, -0.05) is 11.6 Å². The van der Waals surface area contributed by atoms with Gasteiger partial charge in [-0.05, 0) is 56.4 Å². The molecule has 6 nitrogen and oxygen atoms in total. The van der Waals surface area contributed by atoms with Crippen molar-refractivity contribution in [2.24, 2.45) is 5.92 Å². The zero-order valence-corrected chi connectivity index (χ0v) is 15.5. The molecule has 1 aromatic carbocycles. The molecule has 1 aromatic heterocycles. The van der Waals surface area contributed by atoms with Crippen LogP contribution in [0.1, 0.15) is 49.0 Å². The molecule has 0 radical (unpaired) electrons. The van der Waals surface area contributed by atoms with Crippen LogP contribution in [0.4, 0.5) is 5.82 Å². The first-order chi connectivity index (χ1) is 12.5. The van der Waals surface area contributed by atoms with Crippen LogP contribution < -0.4 is 10.6 Å². The second kappa shape index (κ2) is 8.36. The zero-order chi connectivity index (χ0) is 18.5. The summed E-state index contributed by atoms with van der Waals surface area (Å²) < 4.78 is 1.89. The number of carbonyl (C=O) groups excluding carboxylic acids is 2. The maximum absolute atomic E-state index is 12.1. The highest BCUT2D eigenvalue weighted by Crippen LogP contribution is 2.40. The van der Waals surface area contributed by atoms with Gasteiger partial charge in [0.05, 0.1) is 12.2 Å². The highest BCUT2D eigenvalue weighted by molar-refractivity contribution is 6.30. The standard InChI is InChI=1S/C19H23ClN4O2/c1-13(14-4-5-14)24-17(10-12-22-24)23-18(25)3-2-11-21-19(26)15-6-8-16(20)9-7-15/h6-10,12-14H,2-5,11H2,1H3,(H,21,26)(H,23,25). The number of hydrogen-bond acceptors (Lipinski definition) is 3. The fourth-order valence-electron chi connectivity index (χ4n) is 2.88. The predicted molar refractivity (Wildman–Crippen MR) is 101 cm³/mol. The minimum Gasteiger partial charge on any atom is -0.352 e. The SMILES string of the molecule is CC(C1CC1)n1nccc1NC(=O)CCCNC(=O)c1ccc(Cl)cc1. The van der Waals surface area contributed by atoms with Gasteiger partial charge < -0.3 is 10.6 Å². The Morgan fingerprint density at radius 1 is 1.27 bits per heavy atom. The van der Waals surface area contributed by atoms with E-state index in [0.29, 0.717) is 41.9 Å². The first-order valence-electron chi connectivity index (χ1n) is 8.91. The van der Waals surface area contributed by atoms with Crippen LogP contribution in [0.5, 0.6) is 0 Å². The Morgan fingerprint density at radius 3 is 2.69 bits per heavy atom. The summed E-state index contributed by atoms with van der Waals surface area (Å²) in [6, 6.07) is 8.82. The van der Waals surface area contributed by atoms with Gasteiger partial charge in [-0.25, -0.2) is 4.68 Å². The maximum atomic E-state index is 12.1. The van der Waals surface area contributed by atoms with E-state index >= 15 is 0 Å². The number of carbonyl (C=O) groups is 2. The lowest BCUT2D eigenvalue weighted by molar-refractivity contribution is -0.116. The smallest absolute Gasteiger partial charge is 0.251 e. The summed E-state index contributed by atoms with van der Waals surface area (Å²) in [5.74, 6) is 1.15. The Balaban J connectivity index is 1.40. The Bertz CT molecular complexity index is 768. The van der Waals surface area contributed by atoms with Crippen molar-refractivity contribution >= 4 is 29.2 Å². The second-order valence-corrected chi connectivity index (χ2v) is 7.09. The van der Waals surface area contributed by atoms with Crippen LogP contribution in [0.25, 0.3) is 0 Å². The molecular weight excluding hydrogens is 352 g/mol. The first kappa shape index (κ1) is 18.5. The van der Waals surface area contributed by atoms with Crippen LogP contribution in [-0.2, 0) is 4.79 Å². The van der Waals surface area contributed by atoms with Gasteiger partial charge in [-0.3, -0.25) is 9.59 Å². The normalized spacial score (nSPS) is 14.7. The minimum absolute atomic E-state index is 0.0736. The molecule has 0 spiro atoms. The molecule has 2 aromatic rings. The van der Waals surface area contributed by atoms with E-state index in [-0.39, 0.29) is 11.8 Å². The molecule has 0 saturated heterocycles. The van der Waals surface area contributed by atoms with Gasteiger partial charge in [0, 0.05) is 29.6 Å². The van der Waals surface area contributed by atoms with Crippen molar-refractivity contribution in [1.29, 1.82) is 0 Å². The molecule has 1 unspecified atom stereocenters. The number of benzene rings is 1. The van der Waals surface area contributed by atoms with Crippen molar-refractivity contribution in [3.8, 4) is 0 Å². The number of aromatic nitrogens is 2. The van der Waals surface area contributed by atoms with E-state index in [0.717, 1.165) is 5.82 Å². The van der Waals surface area contributed by atoms with Gasteiger partial charge in [-0.15, -0.1) is 0 Å². The quantitative estimate of drug-likeness (QED) is 0.692. The van der Waals surface area contributed by atoms with Crippen molar-refractivity contribution < 1.29 is 9.59 Å². The van der Waals surface area contributed by atoms with Crippen molar-refractivity contribution in [3.63, 3.8) is 0 Å². The highest BCUT2D eigenvalue weighted by atomic mass is 35.5. The summed E-state index contributed by atoms with van der Waals surface area (Å²) in [5, 5.41) is 10.6. The fourth-order valence-corrected chi connectivity index (χ4v) is 3.00. The molecule has 0 bridgehead atoms. The van der Waals surface area contributed by atoms with Crippen molar-refractivity contribution in [2.75, 3.05) is 11.9 Å². The van der Waals surface area contributed by atoms with Crippen LogP contribution in [0.2, 0.25) is 5.02 Å². The molecule has 7 heteroatoms. The second-order valence-electron chi connectivity index (χ2n) is 6.65. The maximum Gasteiger partial charge on any atom is 0.251 e. The molecular formula is C19H23ClN4O2. The lowest BCUT2D eigenvalue weighted by atomic mass is 10.2. The van der Waals surface area contributed by atoms with E-state index in [1.165, 1.54) is 12.8 Å². The summed E-state index contributed by atoms with van der Waals surface area (Å²) in [5.41, 5.74) is 0.553. The fraction of sp³-hybridized carbons (Fsp3) is 0.421. The summed E-state index contributed by atoms with van der Waals surface area (Å²) in [4.78, 5) is 24.1. The number of halogens is 1. The Kier molecular flexibility index (Phi) is 5.93. The Morgan fingerprint density at radius 2 is 2.00 bits per heavy atom. The highest BCUT2D eigenvalue weighted by Gasteiger charge is 2.30. The molecule has 1 aliphatic carbocycles. The zero-order valence-electron chi connectivity index (χ0n) is 14.7. The molecule has 1 heterocycles. The third-order valence-electron chi connectivity index (χ3n) is 4.60. The van der Waals surface area contributed by atoms with Crippen molar-refractivity contribution in [2.45, 2.75) is 38.6 Å². The van der Waals surface area contributed by atoms with E-state index < -0.39 is 0 Å². The van der Waals surface area contributed by atoms with Crippen LogP contribution in [-0.4, -0.2) is 28.1 Å². The molecule has 1 aliphatic rings. The third kappa shape index (κ3) is 4.85. The van der Waals surface area contributed by atoms with Crippen LogP contribution in [0, 0.1) is 5.92 Å². The molecule has 0 aliphatic heterocycles. The number of anilines is 1. The topological polar surface area (TPSA) is 76.0 Å². The molecule has 1 fully saturated rings. The van der Waals surface area contributed by atoms with Gasteiger partial charge >= 0.3 is 0 Å². The average molecular weight is 375 g/mol. The van der Waals surface area contributed by atoms with E-state index in [2.05, 4.69) is 22.7 Å². The van der Waals surface area contributed by atoms with Gasteiger partial charge in [-0.2, -0.15) is 5.10 Å². The van der Waals surface area contributed by atoms with Crippen LogP contribution in [0.15, 0.2) is 36.5 Å². The van der Waals surface area contributed by atoms with E-state index in [4.69, 9.17) is 11.6 Å². The number of nitrogens with one attached hydrogen (secondary N) is 2. The number of amides is 2. The van der Waals surface area contributed by atoms with E-state index in [1.54, 1.807) is 30.5 Å². The number of nitrogens with zero attached hydrogens (tertiary/aromatic N) is 2. The molecule has 1 atom stereocenters. The lowest BCUT2D eigenvalue weighted by Crippen LogP contribution is -2.25. The summed E-state index contributed by atoms with van der Waals surface area (Å²) in [7, 11) is 0. The molecule has 2 N–H and O–H groups in total. The van der Waals surface area contributed by atoms with E-state index in [9.17, 15) is 9.59 Å². The molecule has 26 heavy (non-hydrogen) atoms. The first-order valence-corrected chi connectivity index (χ1v) is 9.29. The molecule has 1 saturated carbocycles. The van der Waals surface area contributed by atoms with Crippen LogP contribution >= 0.6 is 11.6 Å². The Hall–Kier alpha value is -2.34. The van der Waals surface area contributed by atoms with Gasteiger partial charge in [0.15, 0.2) is 0 Å². The van der Waals surface area contributed by atoms with Crippen molar-refractivity contribution in [1.82, 2.24) is 15.1 Å². The minimum atomic E-state index is -0.168. The van der Waals surface area contributed by atoms with E-state index in [1.807, 2.05) is 10.7 Å². The number of rotatable bonds is 8. The lowest BCUT2D eigenvalue weighted by Gasteiger charge is -2.15. The molecule has 2 amide bonds. The molecule has 138 valence electrons. The monoisotopic (exact) mass is 374 g/mol. The predicted octanol–water partition coefficient (Wildman–Crippen LogP) is 3.66. The third-order valence-corrected chi connectivity index (χ3v) is 4.85. The number of hydrogen-bond donors (Lipinski definition) is 2. The van der Waals surface area contributed by atoms with Gasteiger partial charge in [0.25, 0.3) is 5.91 Å². The summed E-state index contributed by atoms with van der Waals surface area (Å²) in [6.45, 7) is 2.57. The average Bonchev–Trinajstić information content (AvgIpc) is 3.38. The summed E-state index contributed by atoms with van der Waals surface area (Å²) >= 11 is 5.81. The van der Waals surface area contributed by atoms with Crippen LogP contribution in [0.3, 0.4) is 0 Å². The summed E-state index contributed by atoms with van der Waals surface area (Å²) in [6.07, 6.45) is 5.06. The van der Waals surface area contributed by atoms with Gasteiger partial charge in [0.2, 0.25) is 5.91 Å². The molecule has 3 rings (SSSR count). The van der Waals surface area contributed by atoms with Gasteiger partial charge in [0.1, 0.15) is 5.82 Å². The largest absolute Gasteiger partial charge is 0.352 e. The Labute approximate surface area is 157 Å².